The van der Waals surface area contributed by atoms with E-state index in [1.807, 2.05) is 12.1 Å². The molecule has 1 atom stereocenters. The summed E-state index contributed by atoms with van der Waals surface area (Å²) in [4.78, 5) is 12.4. The van der Waals surface area contributed by atoms with Crippen molar-refractivity contribution in [3.05, 3.63) is 64.2 Å². The van der Waals surface area contributed by atoms with E-state index in [0.29, 0.717) is 23.5 Å². The number of carbonyl (C=O) groups is 1. The maximum Gasteiger partial charge on any atom is 0.573 e. The van der Waals surface area contributed by atoms with Gasteiger partial charge in [0, 0.05) is 12.0 Å². The third-order valence-electron chi connectivity index (χ3n) is 5.66. The number of hydrogen-bond donors (Lipinski definition) is 1. The molecule has 1 N–H and O–H groups in total. The molecule has 1 unspecified atom stereocenters. The zero-order valence-electron chi connectivity index (χ0n) is 16.4. The summed E-state index contributed by atoms with van der Waals surface area (Å²) in [6.45, 7) is 3.67. The highest BCUT2D eigenvalue weighted by atomic mass is 35.5. The molecule has 0 aromatic heterocycles. The summed E-state index contributed by atoms with van der Waals surface area (Å²) in [5.41, 5.74) is 4.06. The monoisotopic (exact) mass is 441 g/mol. The van der Waals surface area contributed by atoms with Crippen LogP contribution >= 0.6 is 12.4 Å². The number of rotatable bonds is 4. The number of alkyl halides is 3. The molecule has 4 nitrogen and oxygen atoms in total. The minimum absolute atomic E-state index is 0. The van der Waals surface area contributed by atoms with Crippen molar-refractivity contribution >= 4 is 18.4 Å². The highest BCUT2D eigenvalue weighted by molar-refractivity contribution is 5.94. The van der Waals surface area contributed by atoms with Gasteiger partial charge in [0.25, 0.3) is 0 Å². The number of nitrogens with one attached hydrogen (secondary N) is 1. The highest BCUT2D eigenvalue weighted by Gasteiger charge is 2.33. The second kappa shape index (κ2) is 8.86. The van der Waals surface area contributed by atoms with Crippen LogP contribution in [0.5, 0.6) is 5.75 Å². The summed E-state index contributed by atoms with van der Waals surface area (Å²) < 4.78 is 46.7. The molecule has 2 heterocycles. The van der Waals surface area contributed by atoms with E-state index in [1.165, 1.54) is 12.1 Å². The van der Waals surface area contributed by atoms with Crippen LogP contribution < -0.4 is 10.1 Å². The third-order valence-corrected chi connectivity index (χ3v) is 5.66. The fourth-order valence-electron chi connectivity index (χ4n) is 4.14. The van der Waals surface area contributed by atoms with E-state index in [9.17, 15) is 18.0 Å². The van der Waals surface area contributed by atoms with E-state index >= 15 is 0 Å². The SMILES string of the molecule is Cc1cc(OC(F)(F)F)ccc1CC1OC(=O)c2cc(C3CCNCC3)ccc21.Cl. The van der Waals surface area contributed by atoms with Gasteiger partial charge in [0.05, 0.1) is 5.56 Å². The van der Waals surface area contributed by atoms with Crippen molar-refractivity contribution in [1.29, 1.82) is 0 Å². The molecular weight excluding hydrogens is 419 g/mol. The van der Waals surface area contributed by atoms with Gasteiger partial charge in [-0.05, 0) is 73.7 Å². The maximum absolute atomic E-state index is 12.4. The second-order valence-corrected chi connectivity index (χ2v) is 7.61. The van der Waals surface area contributed by atoms with E-state index < -0.39 is 12.5 Å². The number of benzene rings is 2. The minimum atomic E-state index is -4.72. The molecule has 8 heteroatoms. The molecule has 2 aliphatic heterocycles. The van der Waals surface area contributed by atoms with Gasteiger partial charge in [0.1, 0.15) is 11.9 Å². The van der Waals surface area contributed by atoms with Gasteiger partial charge < -0.3 is 14.8 Å². The smallest absolute Gasteiger partial charge is 0.454 e. The molecule has 30 heavy (non-hydrogen) atoms. The van der Waals surface area contributed by atoms with Gasteiger partial charge in [0.15, 0.2) is 0 Å². The highest BCUT2D eigenvalue weighted by Crippen LogP contribution is 2.37. The Kier molecular flexibility index (Phi) is 6.62. The molecule has 4 rings (SSSR count). The molecule has 162 valence electrons. The van der Waals surface area contributed by atoms with Crippen molar-refractivity contribution in [3.8, 4) is 5.75 Å². The Bertz CT molecular complexity index is 926. The molecule has 2 aliphatic rings. The van der Waals surface area contributed by atoms with Crippen LogP contribution in [0.25, 0.3) is 0 Å². The number of aryl methyl sites for hydroxylation is 1. The van der Waals surface area contributed by atoms with Crippen LogP contribution in [0, 0.1) is 6.92 Å². The second-order valence-electron chi connectivity index (χ2n) is 7.61. The summed E-state index contributed by atoms with van der Waals surface area (Å²) in [5, 5.41) is 3.34. The lowest BCUT2D eigenvalue weighted by Gasteiger charge is -2.23. The number of fused-ring (bicyclic) bond motifs is 1. The molecule has 0 spiro atoms. The first-order valence-electron chi connectivity index (χ1n) is 9.71. The van der Waals surface area contributed by atoms with Crippen LogP contribution in [0.2, 0.25) is 0 Å². The quantitative estimate of drug-likeness (QED) is 0.659. The minimum Gasteiger partial charge on any atom is -0.454 e. The number of hydrogen-bond acceptors (Lipinski definition) is 4. The molecular formula is C22H23ClF3NO3. The van der Waals surface area contributed by atoms with Crippen molar-refractivity contribution in [3.63, 3.8) is 0 Å². The van der Waals surface area contributed by atoms with Crippen molar-refractivity contribution in [2.45, 2.75) is 44.6 Å². The fourth-order valence-corrected chi connectivity index (χ4v) is 4.14. The average molecular weight is 442 g/mol. The van der Waals surface area contributed by atoms with Gasteiger partial charge >= 0.3 is 12.3 Å². The average Bonchev–Trinajstić information content (AvgIpc) is 2.98. The number of halogens is 4. The molecule has 0 aliphatic carbocycles. The zero-order valence-corrected chi connectivity index (χ0v) is 17.2. The number of piperidine rings is 1. The Morgan fingerprint density at radius 3 is 2.53 bits per heavy atom. The Hall–Kier alpha value is -2.25. The van der Waals surface area contributed by atoms with Crippen LogP contribution in [0.15, 0.2) is 36.4 Å². The van der Waals surface area contributed by atoms with Gasteiger partial charge in [-0.1, -0.05) is 18.2 Å². The van der Waals surface area contributed by atoms with Gasteiger partial charge in [0.2, 0.25) is 0 Å². The van der Waals surface area contributed by atoms with Crippen molar-refractivity contribution in [2.24, 2.45) is 0 Å². The third kappa shape index (κ3) is 4.90. The van der Waals surface area contributed by atoms with Crippen molar-refractivity contribution in [2.75, 3.05) is 13.1 Å². The molecule has 1 fully saturated rings. The van der Waals surface area contributed by atoms with Gasteiger partial charge in [-0.25, -0.2) is 4.79 Å². The van der Waals surface area contributed by atoms with Gasteiger partial charge in [-0.2, -0.15) is 0 Å². The first-order valence-corrected chi connectivity index (χ1v) is 9.71. The number of carbonyl (C=O) groups excluding carboxylic acids is 1. The normalized spacial score (nSPS) is 19.1. The van der Waals surface area contributed by atoms with Crippen LogP contribution in [-0.4, -0.2) is 25.4 Å². The topological polar surface area (TPSA) is 47.6 Å². The van der Waals surface area contributed by atoms with Crippen molar-refractivity contribution < 1.29 is 27.4 Å². The zero-order chi connectivity index (χ0) is 20.6. The molecule has 1 saturated heterocycles. The predicted molar refractivity (Wildman–Crippen MR) is 108 cm³/mol. The molecule has 0 radical (unpaired) electrons. The van der Waals surface area contributed by atoms with E-state index in [4.69, 9.17) is 4.74 Å². The Labute approximate surface area is 179 Å². The van der Waals surface area contributed by atoms with Crippen LogP contribution in [-0.2, 0) is 11.2 Å². The van der Waals surface area contributed by atoms with E-state index in [0.717, 1.165) is 42.6 Å². The predicted octanol–water partition coefficient (Wildman–Crippen LogP) is 5.24. The fraction of sp³-hybridized carbons (Fsp3) is 0.409. The van der Waals surface area contributed by atoms with Crippen LogP contribution in [0.4, 0.5) is 13.2 Å². The first kappa shape index (κ1) is 22.4. The summed E-state index contributed by atoms with van der Waals surface area (Å²) in [6, 6.07) is 10.2. The molecule has 0 saturated carbocycles. The largest absolute Gasteiger partial charge is 0.573 e. The maximum atomic E-state index is 12.4. The van der Waals surface area contributed by atoms with Gasteiger partial charge in [-0.15, -0.1) is 25.6 Å². The Balaban J connectivity index is 0.00000256. The van der Waals surface area contributed by atoms with E-state index in [2.05, 4.69) is 16.1 Å². The number of ether oxygens (including phenoxy) is 2. The summed E-state index contributed by atoms with van der Waals surface area (Å²) in [6.07, 6.45) is -2.66. The van der Waals surface area contributed by atoms with Gasteiger partial charge in [-0.3, -0.25) is 0 Å². The first-order chi connectivity index (χ1) is 13.8. The summed E-state index contributed by atoms with van der Waals surface area (Å²) >= 11 is 0. The molecule has 2 aromatic rings. The van der Waals surface area contributed by atoms with E-state index in [-0.39, 0.29) is 24.1 Å². The lowest BCUT2D eigenvalue weighted by Crippen LogP contribution is -2.26. The number of esters is 1. The van der Waals surface area contributed by atoms with E-state index in [1.54, 1.807) is 13.0 Å². The molecule has 2 aromatic carbocycles. The Morgan fingerprint density at radius 2 is 1.87 bits per heavy atom. The Morgan fingerprint density at radius 1 is 1.13 bits per heavy atom. The van der Waals surface area contributed by atoms with Crippen LogP contribution in [0.1, 0.15) is 57.5 Å². The molecule has 0 amide bonds. The molecule has 0 bridgehead atoms. The summed E-state index contributed by atoms with van der Waals surface area (Å²) in [7, 11) is 0. The van der Waals surface area contributed by atoms with Crippen molar-refractivity contribution in [1.82, 2.24) is 5.32 Å². The van der Waals surface area contributed by atoms with Crippen LogP contribution in [0.3, 0.4) is 0 Å². The lowest BCUT2D eigenvalue weighted by molar-refractivity contribution is -0.274. The summed E-state index contributed by atoms with van der Waals surface area (Å²) in [5.74, 6) is -0.151. The number of cyclic esters (lactones) is 1. The standard InChI is InChI=1S/C22H22F3NO3.ClH/c1-13-10-17(29-22(23,24)25)4-2-15(13)12-20-18-5-3-16(11-19(18)21(27)28-20)14-6-8-26-9-7-14;/h2-5,10-11,14,20,26H,6-9,12H2,1H3;1H. The lowest BCUT2D eigenvalue weighted by atomic mass is 9.87.